The topological polar surface area (TPSA) is 148 Å². The third-order valence-electron chi connectivity index (χ3n) is 6.84. The molecule has 1 fully saturated rings. The lowest BCUT2D eigenvalue weighted by atomic mass is 9.93. The van der Waals surface area contributed by atoms with Crippen molar-refractivity contribution in [1.82, 2.24) is 20.1 Å². The molecular formula is C28H41N7O3. The molecule has 10 nitrogen and oxygen atoms in total. The van der Waals surface area contributed by atoms with Gasteiger partial charge in [-0.2, -0.15) is 0 Å². The molecule has 1 aromatic heterocycles. The first-order valence-corrected chi connectivity index (χ1v) is 13.2. The Morgan fingerprint density at radius 2 is 1.61 bits per heavy atom. The van der Waals surface area contributed by atoms with Crippen molar-refractivity contribution in [2.24, 2.45) is 11.7 Å². The maximum atomic E-state index is 11.0. The first kappa shape index (κ1) is 27.8. The van der Waals surface area contributed by atoms with Crippen molar-refractivity contribution >= 4 is 11.4 Å². The highest BCUT2D eigenvalue weighted by atomic mass is 16.5. The molecule has 0 spiro atoms. The summed E-state index contributed by atoms with van der Waals surface area (Å²) >= 11 is 0. The number of benzene rings is 2. The van der Waals surface area contributed by atoms with Crippen molar-refractivity contribution in [3.05, 3.63) is 47.8 Å². The molecule has 1 aliphatic rings. The highest BCUT2D eigenvalue weighted by Gasteiger charge is 2.26. The first-order valence-electron chi connectivity index (χ1n) is 13.2. The number of nitrogens with one attached hydrogen (secondary N) is 1. The third-order valence-corrected chi connectivity index (χ3v) is 6.84. The zero-order valence-corrected chi connectivity index (χ0v) is 23.1. The van der Waals surface area contributed by atoms with Crippen molar-refractivity contribution in [2.45, 2.75) is 72.1 Å². The van der Waals surface area contributed by atoms with Crippen LogP contribution in [0.1, 0.15) is 65.2 Å². The summed E-state index contributed by atoms with van der Waals surface area (Å²) in [5.41, 5.74) is 16.0. The lowest BCUT2D eigenvalue weighted by molar-refractivity contribution is -0.00521. The number of morpholine rings is 1. The van der Waals surface area contributed by atoms with Gasteiger partial charge in [0.25, 0.3) is 0 Å². The summed E-state index contributed by atoms with van der Waals surface area (Å²) in [6, 6.07) is 11.0. The van der Waals surface area contributed by atoms with Gasteiger partial charge in [-0.1, -0.05) is 13.8 Å². The molecule has 38 heavy (non-hydrogen) atoms. The number of aliphatic hydroxyl groups excluding tert-OH is 1. The number of nitrogen functional groups attached to an aromatic ring is 1. The molecule has 10 heteroatoms. The maximum absolute atomic E-state index is 11.0. The minimum atomic E-state index is -1.08. The zero-order valence-electron chi connectivity index (χ0n) is 23.1. The predicted molar refractivity (Wildman–Crippen MR) is 150 cm³/mol. The van der Waals surface area contributed by atoms with Gasteiger partial charge in [0.15, 0.2) is 17.9 Å². The van der Waals surface area contributed by atoms with E-state index in [-0.39, 0.29) is 36.0 Å². The predicted octanol–water partition coefficient (Wildman–Crippen LogP) is 3.48. The zero-order chi connectivity index (χ0) is 27.7. The third kappa shape index (κ3) is 5.78. The summed E-state index contributed by atoms with van der Waals surface area (Å²) in [5, 5.41) is 33.7. The van der Waals surface area contributed by atoms with Crippen LogP contribution < -0.4 is 21.7 Å². The van der Waals surface area contributed by atoms with Gasteiger partial charge in [0.05, 0.1) is 17.8 Å². The summed E-state index contributed by atoms with van der Waals surface area (Å²) in [6.45, 7) is 13.7. The van der Waals surface area contributed by atoms with E-state index in [0.717, 1.165) is 30.0 Å². The number of hydrogen-bond donors (Lipinski definition) is 5. The molecule has 0 radical (unpaired) electrons. The van der Waals surface area contributed by atoms with E-state index in [0.29, 0.717) is 22.9 Å². The first-order chi connectivity index (χ1) is 18.0. The van der Waals surface area contributed by atoms with Crippen LogP contribution in [-0.4, -0.2) is 56.3 Å². The molecule has 0 saturated carbocycles. The van der Waals surface area contributed by atoms with Gasteiger partial charge in [-0.3, -0.25) is 9.88 Å². The Morgan fingerprint density at radius 3 is 2.18 bits per heavy atom. The number of phenols is 1. The van der Waals surface area contributed by atoms with Crippen LogP contribution in [0.15, 0.2) is 36.4 Å². The minimum Gasteiger partial charge on any atom is -0.507 e. The van der Waals surface area contributed by atoms with E-state index in [2.05, 4.69) is 34.3 Å². The number of nitrogens with two attached hydrogens (primary N) is 2. The fourth-order valence-corrected chi connectivity index (χ4v) is 4.94. The fraction of sp³-hybridized carbons (Fsp3) is 0.500. The van der Waals surface area contributed by atoms with Crippen LogP contribution in [0.4, 0.5) is 11.4 Å². The highest BCUT2D eigenvalue weighted by Crippen LogP contribution is 2.38. The van der Waals surface area contributed by atoms with Gasteiger partial charge in [0.1, 0.15) is 5.75 Å². The number of ether oxygens (including phenoxy) is 1. The smallest absolute Gasteiger partial charge is 0.182 e. The van der Waals surface area contributed by atoms with Gasteiger partial charge in [-0.15, -0.1) is 10.2 Å². The maximum Gasteiger partial charge on any atom is 0.182 e. The number of rotatable bonds is 8. The van der Waals surface area contributed by atoms with E-state index >= 15 is 0 Å². The molecule has 3 aromatic rings. The van der Waals surface area contributed by atoms with Crippen LogP contribution >= 0.6 is 0 Å². The van der Waals surface area contributed by atoms with Crippen LogP contribution in [0.3, 0.4) is 0 Å². The Hall–Kier alpha value is -3.18. The summed E-state index contributed by atoms with van der Waals surface area (Å²) in [5.74, 6) is 0.779. The van der Waals surface area contributed by atoms with Crippen molar-refractivity contribution < 1.29 is 14.9 Å². The number of phenolic OH excluding ortho intramolecular Hbond substituents is 1. The molecule has 0 aliphatic carbocycles. The average molecular weight is 524 g/mol. The molecule has 1 saturated heterocycles. The summed E-state index contributed by atoms with van der Waals surface area (Å²) in [6.07, 6.45) is -0.788. The second kappa shape index (κ2) is 11.3. The van der Waals surface area contributed by atoms with Crippen molar-refractivity contribution in [2.75, 3.05) is 23.7 Å². The lowest BCUT2D eigenvalue weighted by Crippen LogP contribution is -2.45. The molecule has 4 unspecified atom stereocenters. The van der Waals surface area contributed by atoms with Crippen LogP contribution in [0.2, 0.25) is 0 Å². The molecule has 1 aliphatic heterocycles. The van der Waals surface area contributed by atoms with Crippen LogP contribution in [0.25, 0.3) is 17.1 Å². The van der Waals surface area contributed by atoms with E-state index in [9.17, 15) is 10.2 Å². The summed E-state index contributed by atoms with van der Waals surface area (Å²) in [7, 11) is 0. The Labute approximate surface area is 224 Å². The normalized spacial score (nSPS) is 19.8. The van der Waals surface area contributed by atoms with Gasteiger partial charge < -0.3 is 31.3 Å². The van der Waals surface area contributed by atoms with Gasteiger partial charge in [-0.05, 0) is 69.5 Å². The van der Waals surface area contributed by atoms with Crippen LogP contribution in [0, 0.1) is 5.92 Å². The molecule has 4 atom stereocenters. The molecule has 0 amide bonds. The summed E-state index contributed by atoms with van der Waals surface area (Å²) in [4.78, 5) is 2.30. The molecule has 206 valence electrons. The number of anilines is 2. The van der Waals surface area contributed by atoms with Crippen LogP contribution in [-0.2, 0) is 4.74 Å². The fourth-order valence-electron chi connectivity index (χ4n) is 4.94. The standard InChI is InChI=1S/C28H41N7O3/c1-15(2)25(30)21-11-22(24(36)12-23(21)29)26-32-33-27(28(37)31-16(3)4)35(26)20-9-7-19(8-10-20)34-13-17(5)38-18(6)14-34/h7-12,15-18,25,28,31,36-37H,13-14,29-30H2,1-6H3. The van der Waals surface area contributed by atoms with E-state index < -0.39 is 6.23 Å². The summed E-state index contributed by atoms with van der Waals surface area (Å²) < 4.78 is 7.64. The van der Waals surface area contributed by atoms with E-state index in [1.807, 2.05) is 52.0 Å². The minimum absolute atomic E-state index is 0.00634. The SMILES string of the molecule is CC(C)NC(O)c1nnc(-c2cc(C(N)C(C)C)c(N)cc2O)n1-c1ccc(N2CC(C)OC(C)C2)cc1. The number of aromatic hydroxyl groups is 1. The molecular weight excluding hydrogens is 482 g/mol. The van der Waals surface area contributed by atoms with Gasteiger partial charge in [-0.25, -0.2) is 0 Å². The average Bonchev–Trinajstić information content (AvgIpc) is 3.28. The Balaban J connectivity index is 1.81. The molecule has 7 N–H and O–H groups in total. The largest absolute Gasteiger partial charge is 0.507 e. The second-order valence-corrected chi connectivity index (χ2v) is 10.9. The number of nitrogens with zero attached hydrogens (tertiary/aromatic N) is 4. The molecule has 2 aromatic carbocycles. The van der Waals surface area contributed by atoms with Gasteiger partial charge >= 0.3 is 0 Å². The van der Waals surface area contributed by atoms with Crippen molar-refractivity contribution in [3.8, 4) is 22.8 Å². The van der Waals surface area contributed by atoms with Gasteiger partial charge in [0, 0.05) is 48.3 Å². The second-order valence-electron chi connectivity index (χ2n) is 10.9. The van der Waals surface area contributed by atoms with Crippen molar-refractivity contribution in [1.29, 1.82) is 0 Å². The number of aromatic nitrogens is 3. The Kier molecular flexibility index (Phi) is 8.27. The van der Waals surface area contributed by atoms with E-state index in [4.69, 9.17) is 16.2 Å². The number of aliphatic hydroxyl groups is 1. The lowest BCUT2D eigenvalue weighted by Gasteiger charge is -2.37. The van der Waals surface area contributed by atoms with E-state index in [1.165, 1.54) is 6.07 Å². The van der Waals surface area contributed by atoms with Gasteiger partial charge in [0.2, 0.25) is 0 Å². The number of hydrogen-bond acceptors (Lipinski definition) is 9. The quantitative estimate of drug-likeness (QED) is 0.221. The monoisotopic (exact) mass is 523 g/mol. The molecule has 4 rings (SSSR count). The highest BCUT2D eigenvalue weighted by molar-refractivity contribution is 5.72. The Morgan fingerprint density at radius 1 is 1.00 bits per heavy atom. The van der Waals surface area contributed by atoms with Crippen molar-refractivity contribution in [3.63, 3.8) is 0 Å². The Bertz CT molecular complexity index is 1230. The molecule has 2 heterocycles. The van der Waals surface area contributed by atoms with E-state index in [1.54, 1.807) is 10.6 Å². The van der Waals surface area contributed by atoms with Crippen LogP contribution in [0.5, 0.6) is 5.75 Å². The molecule has 0 bridgehead atoms.